The molecule has 0 radical (unpaired) electrons. The maximum Gasteiger partial charge on any atom is 0.573 e. The fraction of sp³-hybridized carbons (Fsp3) is 0.192. The number of amides is 1. The van der Waals surface area contributed by atoms with Crippen LogP contribution >= 0.6 is 0 Å². The van der Waals surface area contributed by atoms with Gasteiger partial charge in [-0.15, -0.1) is 13.2 Å². The first-order chi connectivity index (χ1) is 16.3. The minimum Gasteiger partial charge on any atom is -0.507 e. The molecule has 0 fully saturated rings. The Bertz CT molecular complexity index is 1220. The third kappa shape index (κ3) is 5.44. The average molecular weight is 467 g/mol. The fourth-order valence-corrected chi connectivity index (χ4v) is 3.85. The number of halogens is 3. The van der Waals surface area contributed by atoms with Gasteiger partial charge in [0.15, 0.2) is 0 Å². The second-order valence-electron chi connectivity index (χ2n) is 7.53. The van der Waals surface area contributed by atoms with Crippen molar-refractivity contribution in [3.63, 3.8) is 0 Å². The molecule has 5 nitrogen and oxygen atoms in total. The summed E-state index contributed by atoms with van der Waals surface area (Å²) >= 11 is 0. The summed E-state index contributed by atoms with van der Waals surface area (Å²) < 4.78 is 45.8. The Hall–Kier alpha value is -4.12. The van der Waals surface area contributed by atoms with Gasteiger partial charge in [-0.25, -0.2) is 4.79 Å². The van der Waals surface area contributed by atoms with E-state index in [4.69, 9.17) is 4.74 Å². The molecule has 2 N–H and O–H groups in total. The lowest BCUT2D eigenvalue weighted by atomic mass is 9.98. The maximum atomic E-state index is 12.2. The van der Waals surface area contributed by atoms with Crippen molar-refractivity contribution in [3.05, 3.63) is 83.4 Å². The largest absolute Gasteiger partial charge is 0.573 e. The van der Waals surface area contributed by atoms with Crippen LogP contribution in [0.5, 0.6) is 11.5 Å². The number of hydrogen-bond donors (Lipinski definition) is 2. The van der Waals surface area contributed by atoms with Crippen molar-refractivity contribution in [1.82, 2.24) is 5.32 Å². The highest BCUT2D eigenvalue weighted by Gasteiger charge is 2.31. The highest BCUT2D eigenvalue weighted by molar-refractivity contribution is 5.79. The predicted octanol–water partition coefficient (Wildman–Crippen LogP) is 5.57. The predicted molar refractivity (Wildman–Crippen MR) is 119 cm³/mol. The minimum atomic E-state index is -4.84. The molecular formula is C26H20F3NO4. The van der Waals surface area contributed by atoms with Crippen LogP contribution in [-0.4, -0.2) is 30.7 Å². The number of ether oxygens (including phenoxy) is 2. The molecular weight excluding hydrogens is 447 g/mol. The van der Waals surface area contributed by atoms with Crippen molar-refractivity contribution >= 4 is 6.09 Å². The third-order valence-corrected chi connectivity index (χ3v) is 5.29. The molecule has 4 rings (SSSR count). The molecule has 0 saturated heterocycles. The van der Waals surface area contributed by atoms with E-state index >= 15 is 0 Å². The van der Waals surface area contributed by atoms with Crippen molar-refractivity contribution in [3.8, 4) is 34.5 Å². The number of benzene rings is 3. The number of hydrogen-bond acceptors (Lipinski definition) is 4. The number of fused-ring (bicyclic) bond motifs is 3. The smallest absolute Gasteiger partial charge is 0.507 e. The lowest BCUT2D eigenvalue weighted by Crippen LogP contribution is -2.26. The van der Waals surface area contributed by atoms with Crippen LogP contribution in [-0.2, 0) is 4.74 Å². The molecule has 0 saturated carbocycles. The summed E-state index contributed by atoms with van der Waals surface area (Å²) in [5, 5.41) is 12.4. The number of alkyl carbamates (subject to hydrolysis) is 1. The third-order valence-electron chi connectivity index (χ3n) is 5.29. The Morgan fingerprint density at radius 2 is 1.65 bits per heavy atom. The Kier molecular flexibility index (Phi) is 6.64. The van der Waals surface area contributed by atoms with Gasteiger partial charge in [0.2, 0.25) is 0 Å². The van der Waals surface area contributed by atoms with Crippen molar-refractivity contribution in [2.45, 2.75) is 18.7 Å². The van der Waals surface area contributed by atoms with E-state index in [2.05, 4.69) is 34.0 Å². The molecule has 0 unspecified atom stereocenters. The van der Waals surface area contributed by atoms with E-state index in [1.807, 2.05) is 36.4 Å². The van der Waals surface area contributed by atoms with E-state index in [0.717, 1.165) is 34.4 Å². The topological polar surface area (TPSA) is 67.8 Å². The molecule has 3 aromatic carbocycles. The Morgan fingerprint density at radius 3 is 2.26 bits per heavy atom. The van der Waals surface area contributed by atoms with E-state index < -0.39 is 24.0 Å². The van der Waals surface area contributed by atoms with E-state index in [1.165, 1.54) is 6.07 Å². The number of nitrogens with one attached hydrogen (secondary N) is 1. The summed E-state index contributed by atoms with van der Waals surface area (Å²) in [5.74, 6) is 4.39. The molecule has 174 valence electrons. The number of aromatic hydroxyl groups is 1. The summed E-state index contributed by atoms with van der Waals surface area (Å²) in [6.45, 7) is 0.408. The van der Waals surface area contributed by atoms with Crippen LogP contribution < -0.4 is 10.1 Å². The molecule has 34 heavy (non-hydrogen) atoms. The quantitative estimate of drug-likeness (QED) is 0.380. The molecule has 0 bridgehead atoms. The van der Waals surface area contributed by atoms with Crippen LogP contribution in [0.15, 0.2) is 66.7 Å². The number of carbonyl (C=O) groups excluding carboxylic acids is 1. The highest BCUT2D eigenvalue weighted by atomic mass is 19.4. The summed E-state index contributed by atoms with van der Waals surface area (Å²) in [6, 6.07) is 19.2. The zero-order valence-electron chi connectivity index (χ0n) is 17.9. The molecule has 0 atom stereocenters. The second kappa shape index (κ2) is 9.79. The standard InChI is InChI=1S/C26H20F3NO4/c27-26(28,29)34-18-13-12-17(24(31)15-18)7-5-6-14-30-25(32)33-16-23-21-10-3-1-8-19(21)20-9-2-4-11-22(20)23/h1-4,8-13,15,23,31H,6,14,16H2,(H,30,32). The number of carbonyl (C=O) groups is 1. The van der Waals surface area contributed by atoms with Gasteiger partial charge in [0.1, 0.15) is 18.1 Å². The van der Waals surface area contributed by atoms with Gasteiger partial charge in [0, 0.05) is 24.9 Å². The van der Waals surface area contributed by atoms with Crippen LogP contribution in [0.25, 0.3) is 11.1 Å². The summed E-state index contributed by atoms with van der Waals surface area (Å²) in [6.07, 6.45) is -5.16. The molecule has 8 heteroatoms. The van der Waals surface area contributed by atoms with E-state index in [0.29, 0.717) is 0 Å². The van der Waals surface area contributed by atoms with Gasteiger partial charge in [0.25, 0.3) is 0 Å². The van der Waals surface area contributed by atoms with E-state index in [-0.39, 0.29) is 31.1 Å². The fourth-order valence-electron chi connectivity index (χ4n) is 3.85. The lowest BCUT2D eigenvalue weighted by Gasteiger charge is -2.14. The van der Waals surface area contributed by atoms with Gasteiger partial charge >= 0.3 is 12.5 Å². The first-order valence-corrected chi connectivity index (χ1v) is 10.5. The average Bonchev–Trinajstić information content (AvgIpc) is 3.11. The van der Waals surface area contributed by atoms with Crippen molar-refractivity contribution in [1.29, 1.82) is 0 Å². The van der Waals surface area contributed by atoms with E-state index in [1.54, 1.807) is 0 Å². The first-order valence-electron chi connectivity index (χ1n) is 10.5. The summed E-state index contributed by atoms with van der Waals surface area (Å²) in [4.78, 5) is 12.1. The summed E-state index contributed by atoms with van der Waals surface area (Å²) in [7, 11) is 0. The number of phenols is 1. The number of alkyl halides is 3. The normalized spacial score (nSPS) is 12.2. The van der Waals surface area contributed by atoms with Gasteiger partial charge in [0.05, 0.1) is 5.56 Å². The van der Waals surface area contributed by atoms with E-state index in [9.17, 15) is 23.1 Å². The van der Waals surface area contributed by atoms with Gasteiger partial charge < -0.3 is 19.9 Å². The van der Waals surface area contributed by atoms with Gasteiger partial charge in [-0.05, 0) is 34.4 Å². The lowest BCUT2D eigenvalue weighted by molar-refractivity contribution is -0.274. The molecule has 1 amide bonds. The molecule has 1 aliphatic rings. The van der Waals surface area contributed by atoms with Crippen LogP contribution in [0.1, 0.15) is 29.0 Å². The zero-order chi connectivity index (χ0) is 24.1. The Morgan fingerprint density at radius 1 is 1.00 bits per heavy atom. The van der Waals surface area contributed by atoms with Crippen LogP contribution in [0.4, 0.5) is 18.0 Å². The summed E-state index contributed by atoms with van der Waals surface area (Å²) in [5.41, 5.74) is 4.67. The minimum absolute atomic E-state index is 0.0368. The molecule has 0 heterocycles. The van der Waals surface area contributed by atoms with Gasteiger partial charge in [-0.2, -0.15) is 0 Å². The molecule has 1 aliphatic carbocycles. The molecule has 0 aromatic heterocycles. The Labute approximate surface area is 194 Å². The maximum absolute atomic E-state index is 12.2. The monoisotopic (exact) mass is 467 g/mol. The van der Waals surface area contributed by atoms with Gasteiger partial charge in [-0.3, -0.25) is 0 Å². The van der Waals surface area contributed by atoms with Crippen molar-refractivity contribution < 1.29 is 32.5 Å². The highest BCUT2D eigenvalue weighted by Crippen LogP contribution is 2.44. The number of phenolic OH excluding ortho intramolecular Hbond substituents is 1. The van der Waals surface area contributed by atoms with Gasteiger partial charge in [-0.1, -0.05) is 60.4 Å². The SMILES string of the molecule is O=C(NCCC#Cc1ccc(OC(F)(F)F)cc1O)OCC1c2ccccc2-c2ccccc21. The number of rotatable bonds is 5. The zero-order valence-corrected chi connectivity index (χ0v) is 17.9. The Balaban J connectivity index is 1.26. The molecule has 0 aliphatic heterocycles. The van der Waals surface area contributed by atoms with Crippen LogP contribution in [0.2, 0.25) is 0 Å². The molecule has 3 aromatic rings. The van der Waals surface area contributed by atoms with Crippen LogP contribution in [0, 0.1) is 11.8 Å². The second-order valence-corrected chi connectivity index (χ2v) is 7.53. The van der Waals surface area contributed by atoms with Crippen LogP contribution in [0.3, 0.4) is 0 Å². The van der Waals surface area contributed by atoms with Crippen molar-refractivity contribution in [2.24, 2.45) is 0 Å². The molecule has 0 spiro atoms. The van der Waals surface area contributed by atoms with Crippen molar-refractivity contribution in [2.75, 3.05) is 13.2 Å². The first kappa shape index (κ1) is 23.1.